The number of hydrazine groups is 1. The second-order valence-electron chi connectivity index (χ2n) is 6.10. The zero-order valence-corrected chi connectivity index (χ0v) is 11.8. The van der Waals surface area contributed by atoms with E-state index in [9.17, 15) is 4.79 Å². The molecule has 104 valence electrons. The van der Waals surface area contributed by atoms with Gasteiger partial charge in [-0.25, -0.2) is 10.8 Å². The predicted octanol–water partition coefficient (Wildman–Crippen LogP) is 1.98. The van der Waals surface area contributed by atoms with Gasteiger partial charge < -0.3 is 10.7 Å². The van der Waals surface area contributed by atoms with Crippen LogP contribution in [-0.4, -0.2) is 16.9 Å². The summed E-state index contributed by atoms with van der Waals surface area (Å²) < 4.78 is 0. The Morgan fingerprint density at radius 2 is 2.21 bits per heavy atom. The van der Waals surface area contributed by atoms with Crippen LogP contribution < -0.4 is 16.6 Å². The van der Waals surface area contributed by atoms with Crippen LogP contribution in [0.4, 0.5) is 5.82 Å². The molecule has 0 radical (unpaired) electrons. The largest absolute Gasteiger partial charge is 0.349 e. The van der Waals surface area contributed by atoms with Gasteiger partial charge in [-0.15, -0.1) is 0 Å². The first-order valence-electron chi connectivity index (χ1n) is 6.66. The second kappa shape index (κ2) is 5.17. The summed E-state index contributed by atoms with van der Waals surface area (Å²) in [4.78, 5) is 16.4. The molecule has 1 aromatic rings. The fourth-order valence-corrected chi connectivity index (χ4v) is 2.70. The number of aryl methyl sites for hydroxylation is 1. The number of nitrogens with zero attached hydrogens (tertiary/aromatic N) is 1. The number of nitrogens with two attached hydrogens (primary N) is 1. The smallest absolute Gasteiger partial charge is 0.251 e. The van der Waals surface area contributed by atoms with Crippen LogP contribution in [0.5, 0.6) is 0 Å². The maximum Gasteiger partial charge on any atom is 0.251 e. The van der Waals surface area contributed by atoms with Crippen LogP contribution in [0, 0.1) is 12.3 Å². The van der Waals surface area contributed by atoms with Crippen LogP contribution in [0.25, 0.3) is 0 Å². The molecule has 19 heavy (non-hydrogen) atoms. The summed E-state index contributed by atoms with van der Waals surface area (Å²) in [6.07, 6.45) is 3.23. The lowest BCUT2D eigenvalue weighted by Gasteiger charge is -2.18. The number of amides is 1. The van der Waals surface area contributed by atoms with Crippen LogP contribution in [0.1, 0.15) is 49.2 Å². The molecule has 1 aromatic heterocycles. The molecule has 1 fully saturated rings. The lowest BCUT2D eigenvalue weighted by Crippen LogP contribution is -2.33. The number of aromatic nitrogens is 1. The first-order chi connectivity index (χ1) is 8.89. The van der Waals surface area contributed by atoms with E-state index in [4.69, 9.17) is 5.84 Å². The van der Waals surface area contributed by atoms with Crippen molar-refractivity contribution in [2.24, 2.45) is 11.3 Å². The van der Waals surface area contributed by atoms with Crippen LogP contribution >= 0.6 is 0 Å². The summed E-state index contributed by atoms with van der Waals surface area (Å²) in [5.41, 5.74) is 4.18. The molecule has 0 aliphatic heterocycles. The zero-order chi connectivity index (χ0) is 14.0. The minimum Gasteiger partial charge on any atom is -0.349 e. The zero-order valence-electron chi connectivity index (χ0n) is 11.8. The first kappa shape index (κ1) is 13.8. The minimum atomic E-state index is -0.0512. The van der Waals surface area contributed by atoms with Crippen molar-refractivity contribution < 1.29 is 4.79 Å². The number of pyridine rings is 1. The van der Waals surface area contributed by atoms with Crippen molar-refractivity contribution >= 4 is 11.7 Å². The van der Waals surface area contributed by atoms with Gasteiger partial charge in [0.1, 0.15) is 5.82 Å². The van der Waals surface area contributed by atoms with E-state index in [1.54, 1.807) is 12.1 Å². The molecule has 5 heteroatoms. The SMILES string of the molecule is Cc1cc(C(=O)NC2CCC(C)(C)C2)cc(NN)n1. The molecule has 0 bridgehead atoms. The molecule has 4 N–H and O–H groups in total. The van der Waals surface area contributed by atoms with Crippen LogP contribution in [-0.2, 0) is 0 Å². The molecule has 1 saturated carbocycles. The highest BCUT2D eigenvalue weighted by atomic mass is 16.1. The molecule has 1 heterocycles. The van der Waals surface area contributed by atoms with Crippen molar-refractivity contribution in [2.75, 3.05) is 5.43 Å². The molecular formula is C14H22N4O. The van der Waals surface area contributed by atoms with E-state index in [2.05, 4.69) is 29.6 Å². The quantitative estimate of drug-likeness (QED) is 0.575. The Bertz CT molecular complexity index is 484. The first-order valence-corrected chi connectivity index (χ1v) is 6.66. The van der Waals surface area contributed by atoms with E-state index in [-0.39, 0.29) is 11.9 Å². The summed E-state index contributed by atoms with van der Waals surface area (Å²) in [5.74, 6) is 5.80. The van der Waals surface area contributed by atoms with Gasteiger partial charge in [0.25, 0.3) is 5.91 Å². The topological polar surface area (TPSA) is 80.0 Å². The fraction of sp³-hybridized carbons (Fsp3) is 0.571. The summed E-state index contributed by atoms with van der Waals surface area (Å²) in [5, 5.41) is 3.09. The van der Waals surface area contributed by atoms with Gasteiger partial charge >= 0.3 is 0 Å². The number of rotatable bonds is 3. The molecule has 5 nitrogen and oxygen atoms in total. The third-order valence-electron chi connectivity index (χ3n) is 3.67. The van der Waals surface area contributed by atoms with Gasteiger partial charge in [-0.3, -0.25) is 4.79 Å². The second-order valence-corrected chi connectivity index (χ2v) is 6.10. The van der Waals surface area contributed by atoms with E-state index in [1.807, 2.05) is 6.92 Å². The summed E-state index contributed by atoms with van der Waals surface area (Å²) in [6.45, 7) is 6.33. The number of carbonyl (C=O) groups is 1. The molecule has 0 spiro atoms. The summed E-state index contributed by atoms with van der Waals surface area (Å²) in [6, 6.07) is 3.71. The molecule has 1 atom stereocenters. The molecule has 0 saturated heterocycles. The standard InChI is InChI=1S/C14H22N4O/c1-9-6-10(7-12(16-9)18-15)13(19)17-11-4-5-14(2,3)8-11/h6-7,11H,4-5,8,15H2,1-3H3,(H,16,18)(H,17,19). The van der Waals surface area contributed by atoms with Gasteiger partial charge in [-0.1, -0.05) is 13.8 Å². The minimum absolute atomic E-state index is 0.0512. The Kier molecular flexibility index (Phi) is 3.75. The highest BCUT2D eigenvalue weighted by Gasteiger charge is 2.31. The average molecular weight is 262 g/mol. The van der Waals surface area contributed by atoms with Gasteiger partial charge in [0.05, 0.1) is 0 Å². The predicted molar refractivity (Wildman–Crippen MR) is 75.7 cm³/mol. The Hall–Kier alpha value is -1.62. The van der Waals surface area contributed by atoms with E-state index < -0.39 is 0 Å². The molecule has 1 unspecified atom stereocenters. The van der Waals surface area contributed by atoms with Crippen molar-refractivity contribution in [3.8, 4) is 0 Å². The van der Waals surface area contributed by atoms with Crippen LogP contribution in [0.2, 0.25) is 0 Å². The fourth-order valence-electron chi connectivity index (χ4n) is 2.70. The number of hydrogen-bond acceptors (Lipinski definition) is 4. The molecule has 1 aliphatic rings. The van der Waals surface area contributed by atoms with Crippen molar-refractivity contribution in [2.45, 2.75) is 46.1 Å². The van der Waals surface area contributed by atoms with Crippen LogP contribution in [0.15, 0.2) is 12.1 Å². The summed E-state index contributed by atoms with van der Waals surface area (Å²) in [7, 11) is 0. The van der Waals surface area contributed by atoms with Gasteiger partial charge in [0.2, 0.25) is 0 Å². The molecule has 1 amide bonds. The maximum atomic E-state index is 12.2. The Morgan fingerprint density at radius 3 is 2.79 bits per heavy atom. The van der Waals surface area contributed by atoms with Crippen molar-refractivity contribution in [1.29, 1.82) is 0 Å². The maximum absolute atomic E-state index is 12.2. The highest BCUT2D eigenvalue weighted by Crippen LogP contribution is 2.36. The summed E-state index contributed by atoms with van der Waals surface area (Å²) >= 11 is 0. The van der Waals surface area contributed by atoms with Gasteiger partial charge in [-0.05, 0) is 43.7 Å². The molecule has 2 rings (SSSR count). The Morgan fingerprint density at radius 1 is 1.47 bits per heavy atom. The molecule has 1 aliphatic carbocycles. The number of nitrogen functional groups attached to an aromatic ring is 1. The van der Waals surface area contributed by atoms with Crippen molar-refractivity contribution in [3.05, 3.63) is 23.4 Å². The van der Waals surface area contributed by atoms with Crippen molar-refractivity contribution in [1.82, 2.24) is 10.3 Å². The van der Waals surface area contributed by atoms with E-state index >= 15 is 0 Å². The number of nitrogens with one attached hydrogen (secondary N) is 2. The molecule has 0 aromatic carbocycles. The normalized spacial score (nSPS) is 21.2. The average Bonchev–Trinajstić information content (AvgIpc) is 2.67. The Labute approximate surface area is 114 Å². The third kappa shape index (κ3) is 3.44. The lowest BCUT2D eigenvalue weighted by atomic mass is 9.92. The van der Waals surface area contributed by atoms with Crippen molar-refractivity contribution in [3.63, 3.8) is 0 Å². The number of hydrogen-bond donors (Lipinski definition) is 3. The van der Waals surface area contributed by atoms with E-state index in [0.717, 1.165) is 25.0 Å². The Balaban J connectivity index is 2.06. The third-order valence-corrected chi connectivity index (χ3v) is 3.67. The number of carbonyl (C=O) groups excluding carboxylic acids is 1. The van der Waals surface area contributed by atoms with Gasteiger partial charge in [0.15, 0.2) is 0 Å². The molecular weight excluding hydrogens is 240 g/mol. The van der Waals surface area contributed by atoms with E-state index in [0.29, 0.717) is 16.8 Å². The van der Waals surface area contributed by atoms with Crippen LogP contribution in [0.3, 0.4) is 0 Å². The van der Waals surface area contributed by atoms with Gasteiger partial charge in [-0.2, -0.15) is 0 Å². The van der Waals surface area contributed by atoms with Gasteiger partial charge in [0, 0.05) is 17.3 Å². The lowest BCUT2D eigenvalue weighted by molar-refractivity contribution is 0.0936. The monoisotopic (exact) mass is 262 g/mol. The number of anilines is 1. The van der Waals surface area contributed by atoms with E-state index in [1.165, 1.54) is 0 Å². The highest BCUT2D eigenvalue weighted by molar-refractivity contribution is 5.95.